The molecule has 0 radical (unpaired) electrons. The fraction of sp³-hybridized carbons (Fsp3) is 0.111. The monoisotopic (exact) mass is 306 g/mol. The van der Waals surface area contributed by atoms with Crippen LogP contribution in [-0.2, 0) is 10.0 Å². The number of hydrogen-bond donors (Lipinski definition) is 2. The third kappa shape index (κ3) is 2.74. The van der Waals surface area contributed by atoms with Gasteiger partial charge in [0.2, 0.25) is 0 Å². The van der Waals surface area contributed by atoms with Crippen LogP contribution in [0.2, 0.25) is 10.0 Å². The summed E-state index contributed by atoms with van der Waals surface area (Å²) in [6, 6.07) is 4.16. The van der Waals surface area contributed by atoms with E-state index in [9.17, 15) is 8.42 Å². The second-order valence-electron chi connectivity index (χ2n) is 3.42. The quantitative estimate of drug-likeness (QED) is 0.910. The number of hydrogen-bond acceptors (Lipinski definition) is 4. The van der Waals surface area contributed by atoms with E-state index in [4.69, 9.17) is 23.2 Å². The summed E-state index contributed by atoms with van der Waals surface area (Å²) >= 11 is 11.6. The smallest absolute Gasteiger partial charge is 0.261 e. The summed E-state index contributed by atoms with van der Waals surface area (Å²) in [7, 11) is -3.86. The van der Waals surface area contributed by atoms with E-state index in [1.807, 2.05) is 0 Å². The first-order chi connectivity index (χ1) is 8.38. The van der Waals surface area contributed by atoms with Gasteiger partial charge in [-0.3, -0.25) is 5.10 Å². The Morgan fingerprint density at radius 3 is 2.67 bits per heavy atom. The number of anilines is 1. The van der Waals surface area contributed by atoms with Crippen molar-refractivity contribution in [2.75, 3.05) is 4.72 Å². The fourth-order valence-corrected chi connectivity index (χ4v) is 2.95. The number of nitrogens with one attached hydrogen (secondary N) is 2. The number of sulfonamides is 1. The van der Waals surface area contributed by atoms with Gasteiger partial charge in [0.15, 0.2) is 0 Å². The topological polar surface area (TPSA) is 87.7 Å². The minimum atomic E-state index is -3.86. The van der Waals surface area contributed by atoms with Gasteiger partial charge in [-0.15, -0.1) is 5.10 Å². The van der Waals surface area contributed by atoms with E-state index >= 15 is 0 Å². The molecule has 0 saturated carbocycles. The lowest BCUT2D eigenvalue weighted by Crippen LogP contribution is -2.14. The number of aromatic nitrogens is 3. The van der Waals surface area contributed by atoms with Crippen LogP contribution in [0.15, 0.2) is 23.1 Å². The second kappa shape index (κ2) is 4.75. The van der Waals surface area contributed by atoms with Crippen LogP contribution in [0.5, 0.6) is 0 Å². The molecule has 0 aliphatic rings. The molecule has 9 heteroatoms. The molecule has 0 saturated heterocycles. The molecule has 1 aromatic carbocycles. The molecule has 0 aliphatic heterocycles. The normalized spacial score (nSPS) is 11.5. The highest BCUT2D eigenvalue weighted by atomic mass is 35.5. The molecule has 0 amide bonds. The van der Waals surface area contributed by atoms with Crippen LogP contribution in [0, 0.1) is 6.92 Å². The Kier molecular flexibility index (Phi) is 3.47. The molecule has 6 nitrogen and oxygen atoms in total. The first-order valence-corrected chi connectivity index (χ1v) is 6.99. The van der Waals surface area contributed by atoms with E-state index in [0.717, 1.165) is 0 Å². The van der Waals surface area contributed by atoms with Crippen LogP contribution in [-0.4, -0.2) is 23.6 Å². The van der Waals surface area contributed by atoms with Gasteiger partial charge in [0.1, 0.15) is 10.7 Å². The number of aryl methyl sites for hydroxylation is 1. The number of aromatic amines is 1. The molecule has 2 N–H and O–H groups in total. The van der Waals surface area contributed by atoms with Crippen LogP contribution in [0.1, 0.15) is 5.82 Å². The van der Waals surface area contributed by atoms with E-state index in [1.165, 1.54) is 18.2 Å². The molecular formula is C9H8Cl2N4O2S. The molecule has 0 atom stereocenters. The highest BCUT2D eigenvalue weighted by molar-refractivity contribution is 7.92. The Morgan fingerprint density at radius 1 is 1.33 bits per heavy atom. The number of halogens is 2. The van der Waals surface area contributed by atoms with Gasteiger partial charge in [-0.25, -0.2) is 13.1 Å². The highest BCUT2D eigenvalue weighted by Gasteiger charge is 2.20. The predicted octanol–water partition coefficient (Wildman–Crippen LogP) is 2.22. The Bertz CT molecular complexity index is 684. The van der Waals surface area contributed by atoms with Crippen molar-refractivity contribution >= 4 is 39.2 Å². The molecule has 0 fully saturated rings. The number of rotatable bonds is 3. The molecule has 0 aliphatic carbocycles. The largest absolute Gasteiger partial charge is 0.265 e. The van der Waals surface area contributed by atoms with Crippen LogP contribution >= 0.6 is 23.2 Å². The number of H-pyrrole nitrogens is 1. The summed E-state index contributed by atoms with van der Waals surface area (Å²) in [4.78, 5) is 3.71. The lowest BCUT2D eigenvalue weighted by Gasteiger charge is -2.06. The Hall–Kier alpha value is -1.31. The molecule has 96 valence electrons. The molecule has 0 unspecified atom stereocenters. The Morgan fingerprint density at radius 2 is 2.06 bits per heavy atom. The van der Waals surface area contributed by atoms with E-state index in [2.05, 4.69) is 19.9 Å². The molecule has 0 bridgehead atoms. The number of benzene rings is 1. The van der Waals surface area contributed by atoms with E-state index in [1.54, 1.807) is 6.92 Å². The molecule has 0 spiro atoms. The zero-order valence-corrected chi connectivity index (χ0v) is 11.4. The van der Waals surface area contributed by atoms with Crippen molar-refractivity contribution in [2.24, 2.45) is 0 Å². The SMILES string of the molecule is Cc1nc(NS(=O)(=O)c2cc(Cl)ccc2Cl)n[nH]1. The van der Waals surface area contributed by atoms with Gasteiger partial charge in [0.05, 0.1) is 5.02 Å². The summed E-state index contributed by atoms with van der Waals surface area (Å²) in [5.74, 6) is 0.438. The summed E-state index contributed by atoms with van der Waals surface area (Å²) in [5.41, 5.74) is 0. The van der Waals surface area contributed by atoms with Crippen LogP contribution in [0.3, 0.4) is 0 Å². The fourth-order valence-electron chi connectivity index (χ4n) is 1.25. The van der Waals surface area contributed by atoms with E-state index in [0.29, 0.717) is 5.82 Å². The van der Waals surface area contributed by atoms with Crippen molar-refractivity contribution < 1.29 is 8.42 Å². The summed E-state index contributed by atoms with van der Waals surface area (Å²) < 4.78 is 26.3. The first-order valence-electron chi connectivity index (χ1n) is 4.75. The minimum absolute atomic E-state index is 0.0523. The molecule has 1 aromatic heterocycles. The van der Waals surface area contributed by atoms with Crippen molar-refractivity contribution in [1.29, 1.82) is 0 Å². The van der Waals surface area contributed by atoms with Gasteiger partial charge < -0.3 is 0 Å². The standard InChI is InChI=1S/C9H8Cl2N4O2S/c1-5-12-9(14-13-5)15-18(16,17)8-4-6(10)2-3-7(8)11/h2-4H,1H3,(H2,12,13,14,15). The van der Waals surface area contributed by atoms with Gasteiger partial charge in [0, 0.05) is 5.02 Å². The highest BCUT2D eigenvalue weighted by Crippen LogP contribution is 2.26. The molecule has 2 rings (SSSR count). The van der Waals surface area contributed by atoms with Gasteiger partial charge >= 0.3 is 0 Å². The summed E-state index contributed by atoms with van der Waals surface area (Å²) in [5, 5.41) is 6.54. The average Bonchev–Trinajstić information content (AvgIpc) is 2.66. The zero-order chi connectivity index (χ0) is 13.3. The summed E-state index contributed by atoms with van der Waals surface area (Å²) in [6.07, 6.45) is 0. The zero-order valence-electron chi connectivity index (χ0n) is 9.11. The Balaban J connectivity index is 2.39. The van der Waals surface area contributed by atoms with Crippen molar-refractivity contribution in [1.82, 2.24) is 15.2 Å². The van der Waals surface area contributed by atoms with Crippen molar-refractivity contribution in [3.63, 3.8) is 0 Å². The van der Waals surface area contributed by atoms with Gasteiger partial charge in [-0.2, -0.15) is 4.98 Å². The Labute approximate surface area is 113 Å². The third-order valence-corrected chi connectivity index (χ3v) is 4.05. The van der Waals surface area contributed by atoms with Crippen molar-refractivity contribution in [3.8, 4) is 0 Å². The van der Waals surface area contributed by atoms with Gasteiger partial charge in [0.25, 0.3) is 16.0 Å². The van der Waals surface area contributed by atoms with Gasteiger partial charge in [-0.1, -0.05) is 23.2 Å². The lowest BCUT2D eigenvalue weighted by molar-refractivity contribution is 0.601. The first kappa shape index (κ1) is 13.1. The molecule has 1 heterocycles. The van der Waals surface area contributed by atoms with E-state index in [-0.39, 0.29) is 20.9 Å². The van der Waals surface area contributed by atoms with E-state index < -0.39 is 10.0 Å². The molecule has 18 heavy (non-hydrogen) atoms. The summed E-state index contributed by atoms with van der Waals surface area (Å²) in [6.45, 7) is 1.65. The van der Waals surface area contributed by atoms with Crippen LogP contribution in [0.25, 0.3) is 0 Å². The predicted molar refractivity (Wildman–Crippen MR) is 68.4 cm³/mol. The van der Waals surface area contributed by atoms with Crippen LogP contribution in [0.4, 0.5) is 5.95 Å². The van der Waals surface area contributed by atoms with Crippen molar-refractivity contribution in [2.45, 2.75) is 11.8 Å². The maximum Gasteiger partial charge on any atom is 0.265 e. The molecular weight excluding hydrogens is 299 g/mol. The number of nitrogens with zero attached hydrogens (tertiary/aromatic N) is 2. The van der Waals surface area contributed by atoms with Crippen molar-refractivity contribution in [3.05, 3.63) is 34.1 Å². The maximum absolute atomic E-state index is 12.0. The maximum atomic E-state index is 12.0. The third-order valence-electron chi connectivity index (χ3n) is 2.01. The van der Waals surface area contributed by atoms with Gasteiger partial charge in [-0.05, 0) is 25.1 Å². The second-order valence-corrected chi connectivity index (χ2v) is 5.92. The molecule has 2 aromatic rings. The average molecular weight is 307 g/mol. The minimum Gasteiger partial charge on any atom is -0.261 e. The van der Waals surface area contributed by atoms with Crippen LogP contribution < -0.4 is 4.72 Å². The lowest BCUT2D eigenvalue weighted by atomic mass is 10.4.